The van der Waals surface area contributed by atoms with Crippen LogP contribution in [-0.2, 0) is 4.79 Å². The summed E-state index contributed by atoms with van der Waals surface area (Å²) in [6.45, 7) is 2.98. The van der Waals surface area contributed by atoms with Crippen LogP contribution in [0.5, 0.6) is 0 Å². The van der Waals surface area contributed by atoms with Gasteiger partial charge >= 0.3 is 0 Å². The fourth-order valence-electron chi connectivity index (χ4n) is 1.52. The SMILES string of the molecule is Cc1ccc(C(=O)N2CC(C=O)C2)nc1. The third kappa shape index (κ3) is 1.88. The van der Waals surface area contributed by atoms with Gasteiger partial charge in [-0.25, -0.2) is 0 Å². The number of likely N-dealkylation sites (tertiary alicyclic amines) is 1. The summed E-state index contributed by atoms with van der Waals surface area (Å²) >= 11 is 0. The standard InChI is InChI=1S/C11H12N2O2/c1-8-2-3-10(12-4-8)11(15)13-5-9(6-13)7-14/h2-4,7,9H,5-6H2,1H3. The van der Waals surface area contributed by atoms with Gasteiger partial charge in [-0.05, 0) is 18.6 Å². The van der Waals surface area contributed by atoms with E-state index in [1.165, 1.54) is 0 Å². The number of rotatable bonds is 2. The van der Waals surface area contributed by atoms with Crippen molar-refractivity contribution in [2.75, 3.05) is 13.1 Å². The summed E-state index contributed by atoms with van der Waals surface area (Å²) in [5.41, 5.74) is 1.48. The van der Waals surface area contributed by atoms with Crippen molar-refractivity contribution in [1.29, 1.82) is 0 Å². The minimum absolute atomic E-state index is 0.0133. The zero-order valence-electron chi connectivity index (χ0n) is 8.51. The van der Waals surface area contributed by atoms with E-state index in [0.29, 0.717) is 18.8 Å². The molecule has 1 aromatic rings. The molecule has 1 aliphatic rings. The van der Waals surface area contributed by atoms with Gasteiger partial charge in [0.1, 0.15) is 12.0 Å². The Morgan fingerprint density at radius 3 is 2.80 bits per heavy atom. The Balaban J connectivity index is 2.03. The molecule has 0 aliphatic carbocycles. The number of aromatic nitrogens is 1. The van der Waals surface area contributed by atoms with Crippen LogP contribution in [0.1, 0.15) is 16.1 Å². The van der Waals surface area contributed by atoms with E-state index < -0.39 is 0 Å². The maximum Gasteiger partial charge on any atom is 0.272 e. The highest BCUT2D eigenvalue weighted by molar-refractivity contribution is 5.93. The lowest BCUT2D eigenvalue weighted by Crippen LogP contribution is -2.50. The second-order valence-electron chi connectivity index (χ2n) is 3.83. The molecule has 0 N–H and O–H groups in total. The highest BCUT2D eigenvalue weighted by Gasteiger charge is 2.31. The summed E-state index contributed by atoms with van der Waals surface area (Å²) in [5.74, 6) is -0.0764. The number of aryl methyl sites for hydroxylation is 1. The van der Waals surface area contributed by atoms with Crippen LogP contribution in [0.3, 0.4) is 0 Å². The maximum absolute atomic E-state index is 11.7. The summed E-state index contributed by atoms with van der Waals surface area (Å²) in [6.07, 6.45) is 2.57. The van der Waals surface area contributed by atoms with Crippen LogP contribution in [-0.4, -0.2) is 35.2 Å². The van der Waals surface area contributed by atoms with Crippen molar-refractivity contribution >= 4 is 12.2 Å². The minimum Gasteiger partial charge on any atom is -0.336 e. The number of carbonyl (C=O) groups excluding carboxylic acids is 2. The predicted octanol–water partition coefficient (Wildman–Crippen LogP) is 0.661. The van der Waals surface area contributed by atoms with Crippen molar-refractivity contribution in [2.45, 2.75) is 6.92 Å². The molecule has 0 bridgehead atoms. The second-order valence-corrected chi connectivity index (χ2v) is 3.83. The van der Waals surface area contributed by atoms with Gasteiger partial charge in [-0.15, -0.1) is 0 Å². The lowest BCUT2D eigenvalue weighted by molar-refractivity contribution is -0.114. The average Bonchev–Trinajstić information content (AvgIpc) is 2.17. The minimum atomic E-state index is -0.0897. The molecule has 15 heavy (non-hydrogen) atoms. The largest absolute Gasteiger partial charge is 0.336 e. The van der Waals surface area contributed by atoms with Crippen LogP contribution in [0, 0.1) is 12.8 Å². The predicted molar refractivity (Wildman–Crippen MR) is 54.4 cm³/mol. The zero-order valence-corrected chi connectivity index (χ0v) is 8.51. The van der Waals surface area contributed by atoms with Crippen LogP contribution in [0.2, 0.25) is 0 Å². The molecule has 1 aromatic heterocycles. The molecule has 0 radical (unpaired) electrons. The lowest BCUT2D eigenvalue weighted by atomic mass is 10.0. The number of hydrogen-bond donors (Lipinski definition) is 0. The highest BCUT2D eigenvalue weighted by Crippen LogP contribution is 2.15. The van der Waals surface area contributed by atoms with E-state index >= 15 is 0 Å². The molecule has 1 aliphatic heterocycles. The fourth-order valence-corrected chi connectivity index (χ4v) is 1.52. The van der Waals surface area contributed by atoms with Gasteiger partial charge < -0.3 is 9.69 Å². The first-order valence-corrected chi connectivity index (χ1v) is 4.88. The molecule has 1 saturated heterocycles. The average molecular weight is 204 g/mol. The molecular weight excluding hydrogens is 192 g/mol. The summed E-state index contributed by atoms with van der Waals surface area (Å²) in [5, 5.41) is 0. The summed E-state index contributed by atoms with van der Waals surface area (Å²) in [4.78, 5) is 27.8. The monoisotopic (exact) mass is 204 g/mol. The molecular formula is C11H12N2O2. The van der Waals surface area contributed by atoms with Gasteiger partial charge in [-0.2, -0.15) is 0 Å². The third-order valence-electron chi connectivity index (χ3n) is 2.52. The molecule has 4 heteroatoms. The van der Waals surface area contributed by atoms with Crippen LogP contribution in [0.15, 0.2) is 18.3 Å². The number of nitrogens with zero attached hydrogens (tertiary/aromatic N) is 2. The summed E-state index contributed by atoms with van der Waals surface area (Å²) in [7, 11) is 0. The molecule has 0 spiro atoms. The third-order valence-corrected chi connectivity index (χ3v) is 2.52. The number of aldehydes is 1. The van der Waals surface area contributed by atoms with Crippen molar-refractivity contribution in [3.63, 3.8) is 0 Å². The van der Waals surface area contributed by atoms with Crippen LogP contribution in [0.25, 0.3) is 0 Å². The van der Waals surface area contributed by atoms with Gasteiger partial charge in [0.15, 0.2) is 0 Å². The lowest BCUT2D eigenvalue weighted by Gasteiger charge is -2.35. The number of hydrogen-bond acceptors (Lipinski definition) is 3. The molecule has 2 heterocycles. The number of pyridine rings is 1. The second kappa shape index (κ2) is 3.81. The van der Waals surface area contributed by atoms with Crippen molar-refractivity contribution in [3.8, 4) is 0 Å². The normalized spacial score (nSPS) is 15.9. The van der Waals surface area contributed by atoms with Crippen molar-refractivity contribution in [3.05, 3.63) is 29.6 Å². The van der Waals surface area contributed by atoms with Gasteiger partial charge in [-0.1, -0.05) is 6.07 Å². The van der Waals surface area contributed by atoms with Gasteiger partial charge in [0, 0.05) is 25.2 Å². The number of amides is 1. The summed E-state index contributed by atoms with van der Waals surface area (Å²) in [6, 6.07) is 3.57. The van der Waals surface area contributed by atoms with Gasteiger partial charge in [0.2, 0.25) is 0 Å². The molecule has 0 unspecified atom stereocenters. The molecule has 1 fully saturated rings. The first kappa shape index (κ1) is 9.83. The Hall–Kier alpha value is -1.71. The van der Waals surface area contributed by atoms with E-state index in [1.807, 2.05) is 13.0 Å². The first-order valence-electron chi connectivity index (χ1n) is 4.88. The fraction of sp³-hybridized carbons (Fsp3) is 0.364. The summed E-state index contributed by atoms with van der Waals surface area (Å²) < 4.78 is 0. The van der Waals surface area contributed by atoms with E-state index in [4.69, 9.17) is 0 Å². The smallest absolute Gasteiger partial charge is 0.272 e. The van der Waals surface area contributed by atoms with Crippen molar-refractivity contribution in [2.24, 2.45) is 5.92 Å². The van der Waals surface area contributed by atoms with Gasteiger partial charge in [-0.3, -0.25) is 9.78 Å². The molecule has 0 saturated carbocycles. The van der Waals surface area contributed by atoms with E-state index in [1.54, 1.807) is 17.2 Å². The van der Waals surface area contributed by atoms with E-state index in [-0.39, 0.29) is 11.8 Å². The van der Waals surface area contributed by atoms with Gasteiger partial charge in [0.05, 0.1) is 0 Å². The Morgan fingerprint density at radius 1 is 1.53 bits per heavy atom. The van der Waals surface area contributed by atoms with Crippen molar-refractivity contribution in [1.82, 2.24) is 9.88 Å². The van der Waals surface area contributed by atoms with Crippen LogP contribution >= 0.6 is 0 Å². The maximum atomic E-state index is 11.7. The molecule has 2 rings (SSSR count). The molecule has 4 nitrogen and oxygen atoms in total. The van der Waals surface area contributed by atoms with E-state index in [9.17, 15) is 9.59 Å². The Bertz CT molecular complexity index is 380. The Kier molecular flexibility index (Phi) is 2.49. The molecule has 0 atom stereocenters. The Morgan fingerprint density at radius 2 is 2.27 bits per heavy atom. The topological polar surface area (TPSA) is 50.3 Å². The number of carbonyl (C=O) groups is 2. The molecule has 1 amide bonds. The highest BCUT2D eigenvalue weighted by atomic mass is 16.2. The zero-order chi connectivity index (χ0) is 10.8. The van der Waals surface area contributed by atoms with E-state index in [0.717, 1.165) is 11.8 Å². The quantitative estimate of drug-likeness (QED) is 0.665. The Labute approximate surface area is 87.9 Å². The van der Waals surface area contributed by atoms with Gasteiger partial charge in [0.25, 0.3) is 5.91 Å². The molecule has 78 valence electrons. The van der Waals surface area contributed by atoms with Crippen LogP contribution < -0.4 is 0 Å². The first-order chi connectivity index (χ1) is 7.20. The van der Waals surface area contributed by atoms with E-state index in [2.05, 4.69) is 4.98 Å². The van der Waals surface area contributed by atoms with Crippen molar-refractivity contribution < 1.29 is 9.59 Å². The molecule has 0 aromatic carbocycles. The van der Waals surface area contributed by atoms with Crippen LogP contribution in [0.4, 0.5) is 0 Å².